The van der Waals surface area contributed by atoms with Gasteiger partial charge in [-0.15, -0.1) is 0 Å². The second kappa shape index (κ2) is 6.79. The molecule has 0 radical (unpaired) electrons. The van der Waals surface area contributed by atoms with Crippen molar-refractivity contribution in [1.82, 2.24) is 9.80 Å². The SMILES string of the molecule is O=C(O)CN1C(=O)[C@@H](N2C(=O)c3ccccc3C2=O)CCC[C@@H]1CC1CC1. The van der Waals surface area contributed by atoms with Crippen LogP contribution in [0.3, 0.4) is 0 Å². The van der Waals surface area contributed by atoms with Gasteiger partial charge in [0.05, 0.1) is 11.1 Å². The molecule has 27 heavy (non-hydrogen) atoms. The highest BCUT2D eigenvalue weighted by Gasteiger charge is 2.46. The number of hydrogen-bond donors (Lipinski definition) is 1. The Morgan fingerprint density at radius 3 is 2.19 bits per heavy atom. The van der Waals surface area contributed by atoms with E-state index in [2.05, 4.69) is 0 Å². The van der Waals surface area contributed by atoms with Crippen LogP contribution in [0.15, 0.2) is 24.3 Å². The molecule has 1 aromatic rings. The topological polar surface area (TPSA) is 95.0 Å². The van der Waals surface area contributed by atoms with Crippen LogP contribution in [0.2, 0.25) is 0 Å². The number of carbonyl (C=O) groups is 4. The van der Waals surface area contributed by atoms with Crippen molar-refractivity contribution in [3.63, 3.8) is 0 Å². The maximum atomic E-state index is 13.2. The normalized spacial score (nSPS) is 25.6. The van der Waals surface area contributed by atoms with Gasteiger partial charge in [-0.25, -0.2) is 0 Å². The molecule has 0 spiro atoms. The molecule has 1 aliphatic carbocycles. The van der Waals surface area contributed by atoms with Crippen LogP contribution in [-0.2, 0) is 9.59 Å². The van der Waals surface area contributed by atoms with Gasteiger partial charge >= 0.3 is 5.97 Å². The molecule has 1 N–H and O–H groups in total. The van der Waals surface area contributed by atoms with Crippen molar-refractivity contribution in [2.24, 2.45) is 5.92 Å². The van der Waals surface area contributed by atoms with E-state index < -0.39 is 36.3 Å². The Hall–Kier alpha value is -2.70. The van der Waals surface area contributed by atoms with Crippen LogP contribution in [-0.4, -0.2) is 57.2 Å². The van der Waals surface area contributed by atoms with E-state index in [4.69, 9.17) is 0 Å². The highest BCUT2D eigenvalue weighted by atomic mass is 16.4. The first-order chi connectivity index (χ1) is 13.0. The summed E-state index contributed by atoms with van der Waals surface area (Å²) >= 11 is 0. The molecule has 0 unspecified atom stereocenters. The fraction of sp³-hybridized carbons (Fsp3) is 0.500. The summed E-state index contributed by atoms with van der Waals surface area (Å²) in [5, 5.41) is 9.30. The molecular formula is C20H22N2O5. The quantitative estimate of drug-likeness (QED) is 0.799. The summed E-state index contributed by atoms with van der Waals surface area (Å²) in [6.07, 6.45) is 4.79. The van der Waals surface area contributed by atoms with Crippen LogP contribution < -0.4 is 0 Å². The summed E-state index contributed by atoms with van der Waals surface area (Å²) < 4.78 is 0. The van der Waals surface area contributed by atoms with Crippen molar-refractivity contribution < 1.29 is 24.3 Å². The lowest BCUT2D eigenvalue weighted by Gasteiger charge is -2.32. The number of carboxylic acid groups (broad SMARTS) is 1. The van der Waals surface area contributed by atoms with E-state index in [0.717, 1.165) is 24.2 Å². The molecule has 1 aromatic carbocycles. The highest BCUT2D eigenvalue weighted by Crippen LogP contribution is 2.38. The number of hydrogen-bond acceptors (Lipinski definition) is 4. The van der Waals surface area contributed by atoms with E-state index >= 15 is 0 Å². The highest BCUT2D eigenvalue weighted by molar-refractivity contribution is 6.22. The molecule has 0 aromatic heterocycles. The molecule has 7 nitrogen and oxygen atoms in total. The van der Waals surface area contributed by atoms with Crippen molar-refractivity contribution >= 4 is 23.7 Å². The number of carbonyl (C=O) groups excluding carboxylic acids is 3. The zero-order valence-corrected chi connectivity index (χ0v) is 15.0. The molecule has 3 aliphatic rings. The Balaban J connectivity index is 1.63. The minimum Gasteiger partial charge on any atom is -0.480 e. The second-order valence-electron chi connectivity index (χ2n) is 7.67. The number of fused-ring (bicyclic) bond motifs is 1. The molecule has 2 heterocycles. The molecule has 7 heteroatoms. The maximum absolute atomic E-state index is 13.2. The molecule has 0 bridgehead atoms. The molecular weight excluding hydrogens is 348 g/mol. The van der Waals surface area contributed by atoms with Crippen LogP contribution in [0.4, 0.5) is 0 Å². The predicted octanol–water partition coefficient (Wildman–Crippen LogP) is 1.92. The standard InChI is InChI=1S/C20H22N2O5/c23-17(24)11-21-13(10-12-8-9-12)4-3-7-16(20(21)27)22-18(25)14-5-1-2-6-15(14)19(22)26/h1-2,5-6,12-13,16H,3-4,7-11H2,(H,23,24)/t13-,16+/m1/s1. The number of aliphatic carboxylic acids is 1. The molecule has 4 rings (SSSR count). The Morgan fingerprint density at radius 2 is 1.63 bits per heavy atom. The zero-order valence-electron chi connectivity index (χ0n) is 15.0. The third kappa shape index (κ3) is 3.22. The first-order valence-corrected chi connectivity index (χ1v) is 9.46. The first-order valence-electron chi connectivity index (χ1n) is 9.46. The van der Waals surface area contributed by atoms with Crippen molar-refractivity contribution in [3.8, 4) is 0 Å². The van der Waals surface area contributed by atoms with E-state index in [-0.39, 0.29) is 6.04 Å². The van der Waals surface area contributed by atoms with Crippen LogP contribution in [0.5, 0.6) is 0 Å². The molecule has 1 saturated heterocycles. The van der Waals surface area contributed by atoms with E-state index in [0.29, 0.717) is 36.3 Å². The Morgan fingerprint density at radius 1 is 1.00 bits per heavy atom. The lowest BCUT2D eigenvalue weighted by Crippen LogP contribution is -2.53. The van der Waals surface area contributed by atoms with Gasteiger partial charge in [0.2, 0.25) is 5.91 Å². The molecule has 3 amide bonds. The van der Waals surface area contributed by atoms with Gasteiger partial charge in [0.1, 0.15) is 12.6 Å². The second-order valence-corrected chi connectivity index (χ2v) is 7.67. The lowest BCUT2D eigenvalue weighted by atomic mass is 10.0. The van der Waals surface area contributed by atoms with Crippen molar-refractivity contribution in [3.05, 3.63) is 35.4 Å². The number of rotatable bonds is 5. The molecule has 142 valence electrons. The number of carboxylic acids is 1. The molecule has 1 saturated carbocycles. The Labute approximate surface area is 156 Å². The minimum atomic E-state index is -1.08. The first kappa shape index (κ1) is 17.7. The van der Waals surface area contributed by atoms with Crippen LogP contribution in [0.1, 0.15) is 59.2 Å². The lowest BCUT2D eigenvalue weighted by molar-refractivity contribution is -0.147. The van der Waals surface area contributed by atoms with Gasteiger partial charge in [0.25, 0.3) is 11.8 Å². The number of nitrogens with zero attached hydrogens (tertiary/aromatic N) is 2. The zero-order chi connectivity index (χ0) is 19.1. The van der Waals surface area contributed by atoms with Gasteiger partial charge in [-0.3, -0.25) is 24.1 Å². The summed E-state index contributed by atoms with van der Waals surface area (Å²) in [7, 11) is 0. The van der Waals surface area contributed by atoms with Crippen LogP contribution in [0, 0.1) is 5.92 Å². The molecule has 2 aliphatic heterocycles. The van der Waals surface area contributed by atoms with Gasteiger partial charge in [0, 0.05) is 6.04 Å². The fourth-order valence-electron chi connectivity index (χ4n) is 4.26. The average Bonchev–Trinajstić information content (AvgIpc) is 3.44. The Bertz CT molecular complexity index is 781. The smallest absolute Gasteiger partial charge is 0.323 e. The number of amides is 3. The summed E-state index contributed by atoms with van der Waals surface area (Å²) in [5.74, 6) is -1.88. The minimum absolute atomic E-state index is 0.138. The van der Waals surface area contributed by atoms with Crippen LogP contribution >= 0.6 is 0 Å². The predicted molar refractivity (Wildman–Crippen MR) is 95.1 cm³/mol. The maximum Gasteiger partial charge on any atom is 0.323 e. The van der Waals surface area contributed by atoms with Gasteiger partial charge in [-0.1, -0.05) is 25.0 Å². The van der Waals surface area contributed by atoms with E-state index in [1.807, 2.05) is 0 Å². The van der Waals surface area contributed by atoms with Crippen molar-refractivity contribution in [1.29, 1.82) is 0 Å². The number of imide groups is 1. The van der Waals surface area contributed by atoms with E-state index in [1.54, 1.807) is 24.3 Å². The van der Waals surface area contributed by atoms with Crippen LogP contribution in [0.25, 0.3) is 0 Å². The van der Waals surface area contributed by atoms with Gasteiger partial charge in [-0.05, 0) is 43.7 Å². The molecule has 2 fully saturated rings. The average molecular weight is 370 g/mol. The van der Waals surface area contributed by atoms with Crippen molar-refractivity contribution in [2.75, 3.05) is 6.54 Å². The summed E-state index contributed by atoms with van der Waals surface area (Å²) in [5.41, 5.74) is 0.609. The van der Waals surface area contributed by atoms with E-state index in [9.17, 15) is 24.3 Å². The van der Waals surface area contributed by atoms with E-state index in [1.165, 1.54) is 4.90 Å². The van der Waals surface area contributed by atoms with Gasteiger partial charge in [0.15, 0.2) is 0 Å². The van der Waals surface area contributed by atoms with Gasteiger partial charge in [-0.2, -0.15) is 0 Å². The fourth-order valence-corrected chi connectivity index (χ4v) is 4.26. The summed E-state index contributed by atoms with van der Waals surface area (Å²) in [6, 6.07) is 5.47. The molecule has 2 atom stereocenters. The van der Waals surface area contributed by atoms with Crippen molar-refractivity contribution in [2.45, 2.75) is 50.6 Å². The summed E-state index contributed by atoms with van der Waals surface area (Å²) in [4.78, 5) is 52.6. The summed E-state index contributed by atoms with van der Waals surface area (Å²) in [6.45, 7) is -0.393. The number of benzene rings is 1. The Kier molecular flexibility index (Phi) is 4.45. The number of likely N-dealkylation sites (tertiary alicyclic amines) is 1. The van der Waals surface area contributed by atoms with Gasteiger partial charge < -0.3 is 10.0 Å². The third-order valence-electron chi connectivity index (χ3n) is 5.77. The monoisotopic (exact) mass is 370 g/mol. The largest absolute Gasteiger partial charge is 0.480 e. The third-order valence-corrected chi connectivity index (χ3v) is 5.77.